The van der Waals surface area contributed by atoms with Gasteiger partial charge in [-0.2, -0.15) is 0 Å². The van der Waals surface area contributed by atoms with Crippen LogP contribution >= 0.6 is 24.8 Å². The van der Waals surface area contributed by atoms with Crippen LogP contribution in [-0.2, 0) is 16.1 Å². The summed E-state index contributed by atoms with van der Waals surface area (Å²) in [4.78, 5) is 14.7. The fraction of sp³-hybridized carbons (Fsp3) is 0.611. The molecule has 2 heterocycles. The largest absolute Gasteiger partial charge is 0.366 e. The highest BCUT2D eigenvalue weighted by molar-refractivity contribution is 5.94. The van der Waals surface area contributed by atoms with Gasteiger partial charge in [0, 0.05) is 25.3 Å². The van der Waals surface area contributed by atoms with Gasteiger partial charge in [0.1, 0.15) is 6.10 Å². The Morgan fingerprint density at radius 1 is 1.12 bits per heavy atom. The second-order valence-corrected chi connectivity index (χ2v) is 6.44. The zero-order valence-corrected chi connectivity index (χ0v) is 16.2. The maximum absolute atomic E-state index is 12.1. The highest BCUT2D eigenvalue weighted by atomic mass is 35.5. The van der Waals surface area contributed by atoms with Gasteiger partial charge in [-0.3, -0.25) is 9.69 Å². The molecule has 25 heavy (non-hydrogen) atoms. The smallest absolute Gasteiger partial charge is 0.254 e. The van der Waals surface area contributed by atoms with Gasteiger partial charge in [-0.05, 0) is 43.6 Å². The van der Waals surface area contributed by atoms with E-state index in [1.807, 2.05) is 12.1 Å². The number of benzene rings is 1. The third-order valence-corrected chi connectivity index (χ3v) is 4.55. The van der Waals surface area contributed by atoms with E-state index in [9.17, 15) is 4.79 Å². The predicted molar refractivity (Wildman–Crippen MR) is 106 cm³/mol. The van der Waals surface area contributed by atoms with E-state index >= 15 is 0 Å². The average Bonchev–Trinajstić information content (AvgIpc) is 2.86. The summed E-state index contributed by atoms with van der Waals surface area (Å²) in [6.07, 6.45) is 4.95. The third-order valence-electron chi connectivity index (χ3n) is 4.55. The van der Waals surface area contributed by atoms with Gasteiger partial charge in [0.2, 0.25) is 0 Å². The Hall–Kier alpha value is -0.850. The number of hydrogen-bond donors (Lipinski definition) is 2. The van der Waals surface area contributed by atoms with Crippen molar-refractivity contribution in [1.82, 2.24) is 10.2 Å². The topological polar surface area (TPSA) is 53.6 Å². The minimum atomic E-state index is -0.388. The molecule has 2 N–H and O–H groups in total. The summed E-state index contributed by atoms with van der Waals surface area (Å²) < 4.78 is 5.47. The van der Waals surface area contributed by atoms with Crippen molar-refractivity contribution in [1.29, 1.82) is 0 Å². The van der Waals surface area contributed by atoms with Crippen LogP contribution in [-0.4, -0.2) is 49.7 Å². The number of hydrogen-bond acceptors (Lipinski definition) is 4. The number of amides is 1. The molecule has 1 aromatic carbocycles. The summed E-state index contributed by atoms with van der Waals surface area (Å²) in [5.41, 5.74) is 2.14. The molecule has 0 unspecified atom stereocenters. The minimum absolute atomic E-state index is 0. The minimum Gasteiger partial charge on any atom is -0.366 e. The molecule has 5 nitrogen and oxygen atoms in total. The summed E-state index contributed by atoms with van der Waals surface area (Å²) >= 11 is 0. The van der Waals surface area contributed by atoms with Gasteiger partial charge in [0.15, 0.2) is 0 Å². The number of anilines is 1. The number of nitrogens with zero attached hydrogens (tertiary/aromatic N) is 1. The van der Waals surface area contributed by atoms with Crippen LogP contribution < -0.4 is 10.6 Å². The number of rotatable bonds is 4. The van der Waals surface area contributed by atoms with Crippen molar-refractivity contribution in [2.45, 2.75) is 38.3 Å². The van der Waals surface area contributed by atoms with Crippen molar-refractivity contribution >= 4 is 36.4 Å². The molecule has 0 saturated carbocycles. The second kappa shape index (κ2) is 11.7. The van der Waals surface area contributed by atoms with E-state index in [1.165, 1.54) is 44.3 Å². The summed E-state index contributed by atoms with van der Waals surface area (Å²) in [5, 5.41) is 6.10. The average molecular weight is 390 g/mol. The molecule has 2 aliphatic heterocycles. The van der Waals surface area contributed by atoms with Crippen molar-refractivity contribution in [3.63, 3.8) is 0 Å². The van der Waals surface area contributed by atoms with Crippen LogP contribution in [0, 0.1) is 0 Å². The van der Waals surface area contributed by atoms with Crippen LogP contribution in [0.1, 0.15) is 31.2 Å². The summed E-state index contributed by atoms with van der Waals surface area (Å²) in [6.45, 7) is 5.39. The number of likely N-dealkylation sites (tertiary alicyclic amines) is 1. The van der Waals surface area contributed by atoms with E-state index in [1.54, 1.807) is 0 Å². The maximum atomic E-state index is 12.1. The lowest BCUT2D eigenvalue weighted by Crippen LogP contribution is -2.45. The number of halogens is 2. The molecular weight excluding hydrogens is 361 g/mol. The molecule has 0 aromatic heterocycles. The number of ether oxygens (including phenoxy) is 1. The van der Waals surface area contributed by atoms with Crippen LogP contribution in [0.3, 0.4) is 0 Å². The first-order valence-electron chi connectivity index (χ1n) is 8.76. The van der Waals surface area contributed by atoms with Crippen LogP contribution in [0.2, 0.25) is 0 Å². The Labute approximate surface area is 162 Å². The molecule has 1 atom stereocenters. The van der Waals surface area contributed by atoms with Crippen molar-refractivity contribution in [3.8, 4) is 0 Å². The van der Waals surface area contributed by atoms with Crippen LogP contribution in [0.5, 0.6) is 0 Å². The lowest BCUT2D eigenvalue weighted by molar-refractivity contribution is -0.128. The zero-order valence-electron chi connectivity index (χ0n) is 14.5. The molecule has 0 aliphatic carbocycles. The van der Waals surface area contributed by atoms with Crippen molar-refractivity contribution in [3.05, 3.63) is 29.8 Å². The quantitative estimate of drug-likeness (QED) is 0.830. The third kappa shape index (κ3) is 7.12. The Bertz CT molecular complexity index is 500. The summed E-state index contributed by atoms with van der Waals surface area (Å²) in [5.74, 6) is -0.0718. The standard InChI is InChI=1S/C18H27N3O2.2ClH/c22-18(17-13-19-9-12-23-17)20-16-7-5-15(6-8-16)14-21-10-3-1-2-4-11-21;;/h5-8,17,19H,1-4,9-14H2,(H,20,22);2*1H/t17-;;/m1../s1. The molecule has 7 heteroatoms. The first-order chi connectivity index (χ1) is 11.3. The zero-order chi connectivity index (χ0) is 15.9. The van der Waals surface area contributed by atoms with Gasteiger partial charge in [0.05, 0.1) is 6.61 Å². The molecule has 3 rings (SSSR count). The van der Waals surface area contributed by atoms with E-state index in [0.29, 0.717) is 13.2 Å². The fourth-order valence-corrected chi connectivity index (χ4v) is 3.20. The van der Waals surface area contributed by atoms with Crippen LogP contribution in [0.4, 0.5) is 5.69 Å². The van der Waals surface area contributed by atoms with Crippen LogP contribution in [0.15, 0.2) is 24.3 Å². The van der Waals surface area contributed by atoms with E-state index < -0.39 is 0 Å². The van der Waals surface area contributed by atoms with Gasteiger partial charge in [-0.1, -0.05) is 25.0 Å². The summed E-state index contributed by atoms with van der Waals surface area (Å²) in [7, 11) is 0. The number of morpholine rings is 1. The fourth-order valence-electron chi connectivity index (χ4n) is 3.20. The highest BCUT2D eigenvalue weighted by Gasteiger charge is 2.21. The molecule has 0 bridgehead atoms. The molecular formula is C18H29Cl2N3O2. The molecule has 1 aromatic rings. The monoisotopic (exact) mass is 389 g/mol. The van der Waals surface area contributed by atoms with Gasteiger partial charge in [0.25, 0.3) is 5.91 Å². The normalized spacial score (nSPS) is 21.4. The van der Waals surface area contributed by atoms with Crippen molar-refractivity contribution in [2.24, 2.45) is 0 Å². The Morgan fingerprint density at radius 2 is 1.80 bits per heavy atom. The van der Waals surface area contributed by atoms with E-state index in [4.69, 9.17) is 4.74 Å². The maximum Gasteiger partial charge on any atom is 0.254 e. The SMILES string of the molecule is Cl.Cl.O=C(Nc1ccc(CN2CCCCCC2)cc1)[C@H]1CNCCO1. The highest BCUT2D eigenvalue weighted by Crippen LogP contribution is 2.16. The molecule has 0 spiro atoms. The Balaban J connectivity index is 0.00000156. The van der Waals surface area contributed by atoms with Crippen molar-refractivity contribution in [2.75, 3.05) is 38.1 Å². The molecule has 2 aliphatic rings. The lowest BCUT2D eigenvalue weighted by atomic mass is 10.2. The summed E-state index contributed by atoms with van der Waals surface area (Å²) in [6, 6.07) is 8.20. The van der Waals surface area contributed by atoms with Gasteiger partial charge >= 0.3 is 0 Å². The van der Waals surface area contributed by atoms with Crippen LogP contribution in [0.25, 0.3) is 0 Å². The van der Waals surface area contributed by atoms with E-state index in [2.05, 4.69) is 27.7 Å². The molecule has 0 radical (unpaired) electrons. The van der Waals surface area contributed by atoms with Gasteiger partial charge in [-0.25, -0.2) is 0 Å². The van der Waals surface area contributed by atoms with Crippen molar-refractivity contribution < 1.29 is 9.53 Å². The Kier molecular flexibility index (Phi) is 10.4. The van der Waals surface area contributed by atoms with Gasteiger partial charge in [-0.15, -0.1) is 24.8 Å². The number of nitrogens with one attached hydrogen (secondary N) is 2. The molecule has 142 valence electrons. The molecule has 2 fully saturated rings. The Morgan fingerprint density at radius 3 is 2.40 bits per heavy atom. The molecule has 1 amide bonds. The number of carbonyl (C=O) groups is 1. The lowest BCUT2D eigenvalue weighted by Gasteiger charge is -2.23. The molecule has 2 saturated heterocycles. The van der Waals surface area contributed by atoms with E-state index in [0.717, 1.165) is 18.8 Å². The van der Waals surface area contributed by atoms with E-state index in [-0.39, 0.29) is 36.8 Å². The second-order valence-electron chi connectivity index (χ2n) is 6.44. The first-order valence-corrected chi connectivity index (χ1v) is 8.76. The predicted octanol–water partition coefficient (Wildman–Crippen LogP) is 2.83. The first kappa shape index (κ1) is 22.2. The van der Waals surface area contributed by atoms with Gasteiger partial charge < -0.3 is 15.4 Å². The number of carbonyl (C=O) groups excluding carboxylic acids is 1.